The molecular formula is C22H30N4O4. The summed E-state index contributed by atoms with van der Waals surface area (Å²) >= 11 is 0. The number of nitrogens with zero attached hydrogens (tertiary/aromatic N) is 3. The Morgan fingerprint density at radius 2 is 2.03 bits per heavy atom. The van der Waals surface area contributed by atoms with Crippen LogP contribution in [0.25, 0.3) is 17.1 Å². The zero-order valence-corrected chi connectivity index (χ0v) is 18.1. The van der Waals surface area contributed by atoms with Crippen molar-refractivity contribution in [3.63, 3.8) is 0 Å². The number of aromatic hydroxyl groups is 2. The molecule has 0 aliphatic heterocycles. The predicted octanol–water partition coefficient (Wildman–Crippen LogP) is 3.28. The van der Waals surface area contributed by atoms with E-state index in [1.54, 1.807) is 38.3 Å². The van der Waals surface area contributed by atoms with Crippen LogP contribution in [-0.4, -0.2) is 57.2 Å². The Balaban J connectivity index is 2.47. The minimum absolute atomic E-state index is 0.00256. The van der Waals surface area contributed by atoms with Crippen LogP contribution in [0.4, 0.5) is 0 Å². The van der Waals surface area contributed by atoms with Crippen molar-refractivity contribution in [2.45, 2.75) is 26.7 Å². The summed E-state index contributed by atoms with van der Waals surface area (Å²) in [5, 5.41) is 27.1. The normalized spacial score (nSPS) is 12.1. The van der Waals surface area contributed by atoms with Crippen molar-refractivity contribution in [3.05, 3.63) is 58.7 Å². The highest BCUT2D eigenvalue weighted by molar-refractivity contribution is 5.72. The van der Waals surface area contributed by atoms with E-state index in [4.69, 9.17) is 4.74 Å². The molecular weight excluding hydrogens is 384 g/mol. The number of ether oxygens (including phenoxy) is 1. The van der Waals surface area contributed by atoms with E-state index < -0.39 is 5.69 Å². The van der Waals surface area contributed by atoms with Crippen molar-refractivity contribution in [3.8, 4) is 22.9 Å². The van der Waals surface area contributed by atoms with Gasteiger partial charge in [0.2, 0.25) is 0 Å². The van der Waals surface area contributed by atoms with Crippen molar-refractivity contribution in [1.29, 1.82) is 0 Å². The SMILES string of the molecule is C=C(/C=C\C(=C/C)n1c(-c2cc(C(C)C)c(O)cc2O)n[nH]c1=O)N(C)CCOC. The molecule has 0 radical (unpaired) electrons. The number of phenols is 2. The molecule has 0 unspecified atom stereocenters. The van der Waals surface area contributed by atoms with E-state index in [1.165, 1.54) is 10.6 Å². The second kappa shape index (κ2) is 9.98. The van der Waals surface area contributed by atoms with E-state index in [9.17, 15) is 15.0 Å². The second-order valence-electron chi connectivity index (χ2n) is 7.22. The summed E-state index contributed by atoms with van der Waals surface area (Å²) in [7, 11) is 3.54. The fraction of sp³-hybridized carbons (Fsp3) is 0.364. The molecule has 0 bridgehead atoms. The van der Waals surface area contributed by atoms with Gasteiger partial charge in [-0.05, 0) is 36.6 Å². The molecule has 0 atom stereocenters. The standard InChI is InChI=1S/C22H30N4O4/c1-7-16(9-8-15(4)25(5)10-11-30-6)26-21(23-24-22(26)29)18-12-17(14(2)3)19(27)13-20(18)28/h7-9,12-14,27-28H,4,10-11H2,1-3,5-6H3,(H,24,29)/b9-8-,16-7+. The van der Waals surface area contributed by atoms with Crippen LogP contribution in [0.2, 0.25) is 0 Å². The van der Waals surface area contributed by atoms with E-state index in [2.05, 4.69) is 16.8 Å². The number of likely N-dealkylation sites (N-methyl/N-ethyl adjacent to an activating group) is 1. The molecule has 0 spiro atoms. The lowest BCUT2D eigenvalue weighted by Crippen LogP contribution is -2.21. The fourth-order valence-corrected chi connectivity index (χ4v) is 2.93. The van der Waals surface area contributed by atoms with Crippen LogP contribution in [0.3, 0.4) is 0 Å². The molecule has 0 saturated carbocycles. The number of methoxy groups -OCH3 is 1. The molecule has 0 fully saturated rings. The van der Waals surface area contributed by atoms with E-state index in [-0.39, 0.29) is 23.2 Å². The van der Waals surface area contributed by atoms with Crippen molar-refractivity contribution in [2.75, 3.05) is 27.3 Å². The van der Waals surface area contributed by atoms with Crippen LogP contribution in [0, 0.1) is 0 Å². The smallest absolute Gasteiger partial charge is 0.348 e. The molecule has 1 aromatic carbocycles. The van der Waals surface area contributed by atoms with Gasteiger partial charge >= 0.3 is 5.69 Å². The Labute approximate surface area is 176 Å². The molecule has 0 aliphatic carbocycles. The molecule has 0 saturated heterocycles. The van der Waals surface area contributed by atoms with Crippen molar-refractivity contribution in [2.24, 2.45) is 0 Å². The van der Waals surface area contributed by atoms with Crippen LogP contribution in [0.5, 0.6) is 11.5 Å². The molecule has 8 heteroatoms. The van der Waals surface area contributed by atoms with Crippen molar-refractivity contribution >= 4 is 5.70 Å². The van der Waals surface area contributed by atoms with Gasteiger partial charge in [-0.1, -0.05) is 26.5 Å². The molecule has 1 aromatic heterocycles. The molecule has 0 amide bonds. The summed E-state index contributed by atoms with van der Waals surface area (Å²) in [6.07, 6.45) is 5.32. The number of hydrogen-bond acceptors (Lipinski definition) is 6. The number of aromatic nitrogens is 3. The number of H-pyrrole nitrogens is 1. The summed E-state index contributed by atoms with van der Waals surface area (Å²) in [4.78, 5) is 14.5. The third-order valence-corrected chi connectivity index (χ3v) is 4.80. The highest BCUT2D eigenvalue weighted by Crippen LogP contribution is 2.37. The summed E-state index contributed by atoms with van der Waals surface area (Å²) in [6, 6.07) is 2.92. The van der Waals surface area contributed by atoms with Gasteiger partial charge in [0.05, 0.1) is 12.2 Å². The van der Waals surface area contributed by atoms with Gasteiger partial charge in [0, 0.05) is 38.2 Å². The first-order valence-electron chi connectivity index (χ1n) is 9.68. The summed E-state index contributed by atoms with van der Waals surface area (Å²) in [5.41, 5.74) is 1.86. The van der Waals surface area contributed by atoms with E-state index in [0.717, 1.165) is 5.70 Å². The first kappa shape index (κ1) is 23.0. The number of aromatic amines is 1. The lowest BCUT2D eigenvalue weighted by molar-refractivity contribution is 0.175. The van der Waals surface area contributed by atoms with E-state index in [0.29, 0.717) is 30.0 Å². The molecule has 2 aromatic rings. The van der Waals surface area contributed by atoms with E-state index >= 15 is 0 Å². The summed E-state index contributed by atoms with van der Waals surface area (Å²) < 4.78 is 6.45. The largest absolute Gasteiger partial charge is 0.508 e. The lowest BCUT2D eigenvalue weighted by atomic mass is 9.98. The molecule has 30 heavy (non-hydrogen) atoms. The number of phenolic OH excluding ortho intramolecular Hbond substituents is 2. The number of nitrogens with one attached hydrogen (secondary N) is 1. The molecule has 1 heterocycles. The average molecular weight is 415 g/mol. The van der Waals surface area contributed by atoms with Gasteiger partial charge in [0.1, 0.15) is 11.5 Å². The lowest BCUT2D eigenvalue weighted by Gasteiger charge is -2.18. The minimum Gasteiger partial charge on any atom is -0.508 e. The van der Waals surface area contributed by atoms with Crippen LogP contribution >= 0.6 is 0 Å². The minimum atomic E-state index is -0.445. The maximum absolute atomic E-state index is 12.5. The number of allylic oxidation sites excluding steroid dienone is 4. The van der Waals surface area contributed by atoms with E-state index in [1.807, 2.05) is 25.8 Å². The Kier molecular flexibility index (Phi) is 7.66. The third kappa shape index (κ3) is 5.01. The molecule has 162 valence electrons. The first-order chi connectivity index (χ1) is 14.2. The number of benzene rings is 1. The predicted molar refractivity (Wildman–Crippen MR) is 118 cm³/mol. The molecule has 3 N–H and O–H groups in total. The van der Waals surface area contributed by atoms with Crippen LogP contribution < -0.4 is 5.69 Å². The molecule has 2 rings (SSSR count). The highest BCUT2D eigenvalue weighted by atomic mass is 16.5. The monoisotopic (exact) mass is 414 g/mol. The maximum atomic E-state index is 12.5. The number of hydrogen-bond donors (Lipinski definition) is 3. The van der Waals surface area contributed by atoms with Crippen LogP contribution in [0.1, 0.15) is 32.3 Å². The third-order valence-electron chi connectivity index (χ3n) is 4.80. The molecule has 0 aliphatic rings. The van der Waals surface area contributed by atoms with Gasteiger partial charge in [-0.25, -0.2) is 14.5 Å². The summed E-state index contributed by atoms with van der Waals surface area (Å²) in [5.74, 6) is 0.100. The topological polar surface area (TPSA) is 104 Å². The van der Waals surface area contributed by atoms with Crippen molar-refractivity contribution < 1.29 is 14.9 Å². The zero-order valence-electron chi connectivity index (χ0n) is 18.1. The summed E-state index contributed by atoms with van der Waals surface area (Å²) in [6.45, 7) is 10.9. The van der Waals surface area contributed by atoms with Crippen LogP contribution in [0.15, 0.2) is 47.4 Å². The average Bonchev–Trinajstić information content (AvgIpc) is 3.07. The van der Waals surface area contributed by atoms with Gasteiger partial charge in [-0.2, -0.15) is 5.10 Å². The Bertz CT molecular complexity index is 1010. The maximum Gasteiger partial charge on any atom is 0.348 e. The second-order valence-corrected chi connectivity index (χ2v) is 7.22. The van der Waals surface area contributed by atoms with Gasteiger partial charge in [-0.3, -0.25) is 0 Å². The van der Waals surface area contributed by atoms with Gasteiger partial charge in [0.25, 0.3) is 0 Å². The fourth-order valence-electron chi connectivity index (χ4n) is 2.93. The van der Waals surface area contributed by atoms with Gasteiger partial charge in [0.15, 0.2) is 5.82 Å². The van der Waals surface area contributed by atoms with Gasteiger partial charge in [-0.15, -0.1) is 0 Å². The van der Waals surface area contributed by atoms with Crippen LogP contribution in [-0.2, 0) is 4.74 Å². The van der Waals surface area contributed by atoms with Crippen molar-refractivity contribution in [1.82, 2.24) is 19.7 Å². The quantitative estimate of drug-likeness (QED) is 0.544. The highest BCUT2D eigenvalue weighted by Gasteiger charge is 2.19. The Hall–Kier alpha value is -3.26. The van der Waals surface area contributed by atoms with Gasteiger partial charge < -0.3 is 19.8 Å². The Morgan fingerprint density at radius 3 is 2.63 bits per heavy atom. The molecule has 8 nitrogen and oxygen atoms in total. The Morgan fingerprint density at radius 1 is 1.33 bits per heavy atom. The number of rotatable bonds is 9. The zero-order chi connectivity index (χ0) is 22.4. The first-order valence-corrected chi connectivity index (χ1v) is 9.68.